The molecule has 2 aromatic rings. The summed E-state index contributed by atoms with van der Waals surface area (Å²) in [6, 6.07) is 10.3. The van der Waals surface area contributed by atoms with E-state index in [0.29, 0.717) is 19.6 Å². The molecule has 0 aliphatic carbocycles. The van der Waals surface area contributed by atoms with Crippen LogP contribution < -0.4 is 0 Å². The van der Waals surface area contributed by atoms with Crippen molar-refractivity contribution in [2.45, 2.75) is 33.0 Å². The summed E-state index contributed by atoms with van der Waals surface area (Å²) in [5.41, 5.74) is 1.01. The average Bonchev–Trinajstić information content (AvgIpc) is 2.77. The van der Waals surface area contributed by atoms with Crippen LogP contribution in [0.2, 0.25) is 0 Å². The highest BCUT2D eigenvalue weighted by molar-refractivity contribution is 5.16. The van der Waals surface area contributed by atoms with E-state index in [0.717, 1.165) is 17.1 Å². The van der Waals surface area contributed by atoms with Crippen molar-refractivity contribution < 1.29 is 13.9 Å². The maximum absolute atomic E-state index is 12.9. The van der Waals surface area contributed by atoms with Gasteiger partial charge in [0, 0.05) is 13.1 Å². The van der Waals surface area contributed by atoms with Gasteiger partial charge in [-0.1, -0.05) is 12.1 Å². The van der Waals surface area contributed by atoms with Gasteiger partial charge in [0.05, 0.1) is 12.6 Å². The SMILES string of the molecule is Cc1ccc(CN(Cc2ccc(F)cc2)CC(C)O)o1. The van der Waals surface area contributed by atoms with Crippen molar-refractivity contribution in [3.05, 3.63) is 59.3 Å². The Morgan fingerprint density at radius 2 is 1.85 bits per heavy atom. The van der Waals surface area contributed by atoms with Gasteiger partial charge in [-0.05, 0) is 43.7 Å². The number of nitrogens with zero attached hydrogens (tertiary/aromatic N) is 1. The second-order valence-electron chi connectivity index (χ2n) is 5.16. The standard InChI is InChI=1S/C16H20FNO2/c1-12(19)9-18(11-16-8-3-13(2)20-16)10-14-4-6-15(17)7-5-14/h3-8,12,19H,9-11H2,1-2H3. The summed E-state index contributed by atoms with van der Waals surface area (Å²) >= 11 is 0. The maximum Gasteiger partial charge on any atom is 0.123 e. The third-order valence-corrected chi connectivity index (χ3v) is 3.02. The lowest BCUT2D eigenvalue weighted by Crippen LogP contribution is -2.30. The van der Waals surface area contributed by atoms with E-state index < -0.39 is 6.10 Å². The normalized spacial score (nSPS) is 12.8. The van der Waals surface area contributed by atoms with Gasteiger partial charge in [-0.3, -0.25) is 4.90 Å². The Morgan fingerprint density at radius 3 is 2.40 bits per heavy atom. The summed E-state index contributed by atoms with van der Waals surface area (Å²) in [4.78, 5) is 2.08. The molecule has 1 N–H and O–H groups in total. The number of rotatable bonds is 6. The number of halogens is 1. The molecule has 1 atom stereocenters. The molecule has 2 rings (SSSR count). The molecule has 0 fully saturated rings. The smallest absolute Gasteiger partial charge is 0.123 e. The van der Waals surface area contributed by atoms with Crippen LogP contribution in [0.1, 0.15) is 24.0 Å². The van der Waals surface area contributed by atoms with Crippen LogP contribution in [-0.2, 0) is 13.1 Å². The zero-order chi connectivity index (χ0) is 14.5. The Balaban J connectivity index is 2.04. The molecule has 0 aliphatic heterocycles. The molecule has 0 amide bonds. The number of aliphatic hydroxyl groups is 1. The largest absolute Gasteiger partial charge is 0.465 e. The van der Waals surface area contributed by atoms with Gasteiger partial charge in [-0.25, -0.2) is 4.39 Å². The lowest BCUT2D eigenvalue weighted by Gasteiger charge is -2.22. The Bertz CT molecular complexity index is 534. The third-order valence-electron chi connectivity index (χ3n) is 3.02. The van der Waals surface area contributed by atoms with Crippen molar-refractivity contribution in [2.75, 3.05) is 6.54 Å². The van der Waals surface area contributed by atoms with Crippen molar-refractivity contribution >= 4 is 0 Å². The first-order valence-corrected chi connectivity index (χ1v) is 6.73. The first kappa shape index (κ1) is 14.8. The fourth-order valence-electron chi connectivity index (χ4n) is 2.20. The molecular weight excluding hydrogens is 257 g/mol. The average molecular weight is 277 g/mol. The van der Waals surface area contributed by atoms with Gasteiger partial charge < -0.3 is 9.52 Å². The topological polar surface area (TPSA) is 36.6 Å². The van der Waals surface area contributed by atoms with Crippen molar-refractivity contribution in [3.63, 3.8) is 0 Å². The van der Waals surface area contributed by atoms with Gasteiger partial charge in [0.25, 0.3) is 0 Å². The summed E-state index contributed by atoms with van der Waals surface area (Å²) in [6.45, 7) is 5.46. The number of hydrogen-bond acceptors (Lipinski definition) is 3. The highest BCUT2D eigenvalue weighted by Crippen LogP contribution is 2.13. The van der Waals surface area contributed by atoms with Crippen molar-refractivity contribution in [3.8, 4) is 0 Å². The van der Waals surface area contributed by atoms with E-state index in [-0.39, 0.29) is 5.82 Å². The number of hydrogen-bond donors (Lipinski definition) is 1. The van der Waals surface area contributed by atoms with Crippen molar-refractivity contribution in [1.29, 1.82) is 0 Å². The second kappa shape index (κ2) is 6.68. The quantitative estimate of drug-likeness (QED) is 0.881. The van der Waals surface area contributed by atoms with Crippen LogP contribution in [0.25, 0.3) is 0 Å². The molecule has 108 valence electrons. The molecule has 1 unspecified atom stereocenters. The molecule has 1 heterocycles. The van der Waals surface area contributed by atoms with E-state index in [1.807, 2.05) is 19.1 Å². The molecule has 3 nitrogen and oxygen atoms in total. The number of benzene rings is 1. The van der Waals surface area contributed by atoms with Crippen LogP contribution in [0.5, 0.6) is 0 Å². The summed E-state index contributed by atoms with van der Waals surface area (Å²) in [5, 5.41) is 9.60. The predicted molar refractivity (Wildman–Crippen MR) is 75.6 cm³/mol. The monoisotopic (exact) mass is 277 g/mol. The lowest BCUT2D eigenvalue weighted by molar-refractivity contribution is 0.113. The van der Waals surface area contributed by atoms with Crippen molar-refractivity contribution in [1.82, 2.24) is 4.90 Å². The van der Waals surface area contributed by atoms with E-state index in [4.69, 9.17) is 4.42 Å². The Morgan fingerprint density at radius 1 is 1.15 bits per heavy atom. The molecule has 0 spiro atoms. The molecule has 0 bridgehead atoms. The summed E-state index contributed by atoms with van der Waals surface area (Å²) in [7, 11) is 0. The molecule has 1 aromatic carbocycles. The minimum atomic E-state index is -0.425. The van der Waals surface area contributed by atoms with E-state index in [1.54, 1.807) is 19.1 Å². The Labute approximate surface area is 118 Å². The Hall–Kier alpha value is -1.65. The van der Waals surface area contributed by atoms with E-state index in [2.05, 4.69) is 4.90 Å². The van der Waals surface area contributed by atoms with Crippen LogP contribution >= 0.6 is 0 Å². The fraction of sp³-hybridized carbons (Fsp3) is 0.375. The van der Waals surface area contributed by atoms with E-state index >= 15 is 0 Å². The van der Waals surface area contributed by atoms with Gasteiger partial charge in [-0.15, -0.1) is 0 Å². The van der Waals surface area contributed by atoms with Crippen LogP contribution in [0, 0.1) is 12.7 Å². The molecule has 4 heteroatoms. The minimum absolute atomic E-state index is 0.238. The highest BCUT2D eigenvalue weighted by Gasteiger charge is 2.12. The third kappa shape index (κ3) is 4.47. The number of aryl methyl sites for hydroxylation is 1. The van der Waals surface area contributed by atoms with Gasteiger partial charge >= 0.3 is 0 Å². The molecule has 0 radical (unpaired) electrons. The van der Waals surface area contributed by atoms with Crippen LogP contribution in [0.3, 0.4) is 0 Å². The van der Waals surface area contributed by atoms with Crippen LogP contribution in [-0.4, -0.2) is 22.7 Å². The molecule has 0 saturated heterocycles. The van der Waals surface area contributed by atoms with Crippen LogP contribution in [0.4, 0.5) is 4.39 Å². The van der Waals surface area contributed by atoms with Crippen molar-refractivity contribution in [2.24, 2.45) is 0 Å². The zero-order valence-electron chi connectivity index (χ0n) is 11.8. The van der Waals surface area contributed by atoms with Gasteiger partial charge in [0.15, 0.2) is 0 Å². The number of aliphatic hydroxyl groups excluding tert-OH is 1. The molecule has 0 saturated carbocycles. The van der Waals surface area contributed by atoms with Gasteiger partial charge in [0.1, 0.15) is 17.3 Å². The van der Waals surface area contributed by atoms with Crippen LogP contribution in [0.15, 0.2) is 40.8 Å². The van der Waals surface area contributed by atoms with Gasteiger partial charge in [-0.2, -0.15) is 0 Å². The maximum atomic E-state index is 12.9. The number of furan rings is 1. The lowest BCUT2D eigenvalue weighted by atomic mass is 10.2. The minimum Gasteiger partial charge on any atom is -0.465 e. The summed E-state index contributed by atoms with van der Waals surface area (Å²) in [6.07, 6.45) is -0.425. The second-order valence-corrected chi connectivity index (χ2v) is 5.16. The van der Waals surface area contributed by atoms with E-state index in [9.17, 15) is 9.50 Å². The molecule has 20 heavy (non-hydrogen) atoms. The Kier molecular flexibility index (Phi) is 4.93. The first-order valence-electron chi connectivity index (χ1n) is 6.73. The van der Waals surface area contributed by atoms with Gasteiger partial charge in [0.2, 0.25) is 0 Å². The zero-order valence-corrected chi connectivity index (χ0v) is 11.8. The molecule has 1 aromatic heterocycles. The molecular formula is C16H20FNO2. The van der Waals surface area contributed by atoms with E-state index in [1.165, 1.54) is 12.1 Å². The molecule has 0 aliphatic rings. The summed E-state index contributed by atoms with van der Waals surface area (Å²) in [5.74, 6) is 1.50. The predicted octanol–water partition coefficient (Wildman–Crippen LogP) is 3.11. The highest BCUT2D eigenvalue weighted by atomic mass is 19.1. The first-order chi connectivity index (χ1) is 9.52. The fourth-order valence-corrected chi connectivity index (χ4v) is 2.20. The summed E-state index contributed by atoms with van der Waals surface area (Å²) < 4.78 is 18.5.